The Bertz CT molecular complexity index is 1880. The van der Waals surface area contributed by atoms with Gasteiger partial charge in [-0.15, -0.1) is 5.12 Å². The van der Waals surface area contributed by atoms with E-state index in [1.54, 1.807) is 62.8 Å². The van der Waals surface area contributed by atoms with Crippen molar-refractivity contribution >= 4 is 24.6 Å². The molecule has 0 saturated carbocycles. The Labute approximate surface area is 314 Å². The minimum atomic E-state index is -0.264. The zero-order valence-corrected chi connectivity index (χ0v) is 29.8. The number of benzene rings is 2. The van der Waals surface area contributed by atoms with Crippen molar-refractivity contribution in [3.05, 3.63) is 120 Å². The Morgan fingerprint density at radius 3 is 1.87 bits per heavy atom. The number of urea groups is 2. The minimum Gasteiger partial charge on any atom is -0.355 e. The Morgan fingerprint density at radius 2 is 1.30 bits per heavy atom. The fourth-order valence-corrected chi connectivity index (χ4v) is 7.11. The summed E-state index contributed by atoms with van der Waals surface area (Å²) in [5.74, 6) is 1.57. The highest BCUT2D eigenvalue weighted by Gasteiger charge is 2.38. The molecule has 2 saturated heterocycles. The number of hydrazine groups is 2. The van der Waals surface area contributed by atoms with Gasteiger partial charge in [0, 0.05) is 56.9 Å². The van der Waals surface area contributed by atoms with Crippen LogP contribution in [0.4, 0.5) is 9.59 Å². The first-order valence-corrected chi connectivity index (χ1v) is 17.9. The number of hydrazone groups is 1. The topological polar surface area (TPSA) is 184 Å². The Hall–Kier alpha value is -6.62. The van der Waals surface area contributed by atoms with E-state index in [0.717, 1.165) is 61.5 Å². The van der Waals surface area contributed by atoms with Crippen molar-refractivity contribution in [3.8, 4) is 12.1 Å². The van der Waals surface area contributed by atoms with Crippen molar-refractivity contribution in [1.29, 1.82) is 10.5 Å². The smallest absolute Gasteiger partial charge is 0.355 e. The SMILES string of the molecule is N#Cc1ccccc1CN1C(=O)N2C=NC=CN2C=C1N1CCC[C@@H](N)C1.N#Cc1ccccc1CN1C(=O)N2N=CC=CN2C=C1N1CCC[C@@H](N)C1. The number of nitrogens with zero attached hydrogens (tertiary/aromatic N) is 12. The number of nitriles is 2. The number of likely N-dealkylation sites (tertiary alicyclic amines) is 2. The summed E-state index contributed by atoms with van der Waals surface area (Å²) in [4.78, 5) is 38.1. The van der Waals surface area contributed by atoms with Crippen molar-refractivity contribution in [3.63, 3.8) is 0 Å². The summed E-state index contributed by atoms with van der Waals surface area (Å²) in [5.41, 5.74) is 15.1. The summed E-state index contributed by atoms with van der Waals surface area (Å²) < 4.78 is 0. The predicted molar refractivity (Wildman–Crippen MR) is 201 cm³/mol. The van der Waals surface area contributed by atoms with Gasteiger partial charge in [-0.25, -0.2) is 19.6 Å². The van der Waals surface area contributed by atoms with Gasteiger partial charge in [-0.2, -0.15) is 20.6 Å². The fraction of sp³-hybridized carbons (Fsp3) is 0.316. The van der Waals surface area contributed by atoms with Crippen molar-refractivity contribution in [2.45, 2.75) is 50.9 Å². The molecule has 8 rings (SSSR count). The lowest BCUT2D eigenvalue weighted by atomic mass is 10.1. The Kier molecular flexibility index (Phi) is 10.6. The number of amides is 4. The molecule has 4 N–H and O–H groups in total. The van der Waals surface area contributed by atoms with Crippen molar-refractivity contribution in [2.24, 2.45) is 21.6 Å². The minimum absolute atomic E-state index is 0.0796. The van der Waals surface area contributed by atoms with E-state index in [1.165, 1.54) is 16.5 Å². The van der Waals surface area contributed by atoms with Crippen LogP contribution in [0.1, 0.15) is 47.9 Å². The number of fused-ring (bicyclic) bond motifs is 2. The second-order valence-electron chi connectivity index (χ2n) is 13.5. The van der Waals surface area contributed by atoms with E-state index < -0.39 is 0 Å². The van der Waals surface area contributed by atoms with Gasteiger partial charge in [-0.3, -0.25) is 14.8 Å². The maximum absolute atomic E-state index is 13.2. The van der Waals surface area contributed by atoms with Crippen LogP contribution in [0.3, 0.4) is 0 Å². The summed E-state index contributed by atoms with van der Waals surface area (Å²) in [6.07, 6.45) is 17.7. The van der Waals surface area contributed by atoms with E-state index in [0.29, 0.717) is 37.3 Å². The van der Waals surface area contributed by atoms with E-state index in [-0.39, 0.29) is 24.1 Å². The summed E-state index contributed by atoms with van der Waals surface area (Å²) in [5, 5.41) is 29.1. The van der Waals surface area contributed by atoms with Crippen LogP contribution in [0.15, 0.2) is 107 Å². The average molecular weight is 727 g/mol. The molecule has 2 fully saturated rings. The van der Waals surface area contributed by atoms with Gasteiger partial charge < -0.3 is 21.3 Å². The normalized spacial score (nSPS) is 21.9. The van der Waals surface area contributed by atoms with Gasteiger partial charge >= 0.3 is 12.1 Å². The van der Waals surface area contributed by atoms with E-state index in [4.69, 9.17) is 11.5 Å². The summed E-state index contributed by atoms with van der Waals surface area (Å²) >= 11 is 0. The van der Waals surface area contributed by atoms with Gasteiger partial charge in [0.15, 0.2) is 0 Å². The molecule has 16 heteroatoms. The van der Waals surface area contributed by atoms with E-state index in [1.807, 2.05) is 48.8 Å². The van der Waals surface area contributed by atoms with Crippen LogP contribution in [0.25, 0.3) is 0 Å². The standard InChI is InChI=1S/2C19H21N7O/c20-11-15-5-1-2-6-16(15)12-25-18(23-9-3-7-17(21)13-23)14-24-10-4-8-22-26(24)19(25)27;20-10-15-4-1-2-5-16(15)11-25-18(23-8-3-6-17(21)12-23)13-24-9-7-22-14-26(24)19(25)27/h1-2,4-6,8,10,14,17H,3,7,9,12-13,21H2;1-2,4-5,7,9,13-14,17H,3,6,8,11-12,21H2/t2*17-/m11/s1. The largest absolute Gasteiger partial charge is 0.366 e. The molecule has 0 bridgehead atoms. The van der Waals surface area contributed by atoms with Crippen LogP contribution < -0.4 is 11.5 Å². The fourth-order valence-electron chi connectivity index (χ4n) is 7.11. The van der Waals surface area contributed by atoms with Crippen molar-refractivity contribution in [2.75, 3.05) is 26.2 Å². The highest BCUT2D eigenvalue weighted by molar-refractivity contribution is 5.88. The van der Waals surface area contributed by atoms with Crippen LogP contribution in [-0.2, 0) is 13.1 Å². The van der Waals surface area contributed by atoms with E-state index >= 15 is 0 Å². The third-order valence-electron chi connectivity index (χ3n) is 9.82. The number of aliphatic imine (C=N–C) groups is 1. The van der Waals surface area contributed by atoms with Crippen molar-refractivity contribution < 1.29 is 9.59 Å². The third-order valence-corrected chi connectivity index (χ3v) is 9.82. The molecule has 6 heterocycles. The van der Waals surface area contributed by atoms with Crippen molar-refractivity contribution in [1.82, 2.24) is 39.7 Å². The molecule has 0 aromatic heterocycles. The molecule has 4 amide bonds. The molecule has 6 aliphatic rings. The number of nitrogens with two attached hydrogens (primary N) is 2. The molecular weight excluding hydrogens is 685 g/mol. The van der Waals surface area contributed by atoms with E-state index in [9.17, 15) is 20.1 Å². The first-order valence-electron chi connectivity index (χ1n) is 17.9. The molecule has 16 nitrogen and oxygen atoms in total. The molecule has 0 spiro atoms. The number of allylic oxidation sites excluding steroid dienone is 1. The molecular formula is C38H42N14O2. The number of hydrogen-bond acceptors (Lipinski definition) is 12. The quantitative estimate of drug-likeness (QED) is 0.447. The van der Waals surface area contributed by atoms with Gasteiger partial charge in [0.1, 0.15) is 18.0 Å². The monoisotopic (exact) mass is 726 g/mol. The van der Waals surface area contributed by atoms with Gasteiger partial charge in [-0.1, -0.05) is 36.4 Å². The second kappa shape index (κ2) is 16.0. The lowest BCUT2D eigenvalue weighted by Crippen LogP contribution is -2.56. The number of piperidine rings is 2. The molecule has 6 aliphatic heterocycles. The molecule has 2 aromatic carbocycles. The maximum Gasteiger partial charge on any atom is 0.366 e. The lowest BCUT2D eigenvalue weighted by molar-refractivity contribution is 0.0403. The molecule has 2 aromatic rings. The summed E-state index contributed by atoms with van der Waals surface area (Å²) in [6.45, 7) is 3.67. The molecule has 54 heavy (non-hydrogen) atoms. The molecule has 276 valence electrons. The van der Waals surface area contributed by atoms with Crippen LogP contribution >= 0.6 is 0 Å². The first kappa shape index (κ1) is 35.8. The van der Waals surface area contributed by atoms with Gasteiger partial charge in [-0.05, 0) is 55.0 Å². The average Bonchev–Trinajstić information content (AvgIpc) is 3.20. The number of carbonyl (C=O) groups excluding carboxylic acids is 2. The third kappa shape index (κ3) is 7.47. The van der Waals surface area contributed by atoms with Crippen LogP contribution in [0.2, 0.25) is 0 Å². The van der Waals surface area contributed by atoms with Crippen LogP contribution in [0.5, 0.6) is 0 Å². The second-order valence-corrected chi connectivity index (χ2v) is 13.5. The highest BCUT2D eigenvalue weighted by Crippen LogP contribution is 2.30. The van der Waals surface area contributed by atoms with Gasteiger partial charge in [0.2, 0.25) is 0 Å². The van der Waals surface area contributed by atoms with E-state index in [2.05, 4.69) is 32.0 Å². The van der Waals surface area contributed by atoms with Gasteiger partial charge in [0.05, 0.1) is 55.0 Å². The maximum atomic E-state index is 13.2. The Morgan fingerprint density at radius 1 is 0.741 bits per heavy atom. The summed E-state index contributed by atoms with van der Waals surface area (Å²) in [7, 11) is 0. The first-order chi connectivity index (χ1) is 26.3. The molecule has 0 radical (unpaired) electrons. The molecule has 0 aliphatic carbocycles. The Balaban J connectivity index is 0.000000167. The van der Waals surface area contributed by atoms with Crippen LogP contribution in [-0.4, -0.2) is 103 Å². The van der Waals surface area contributed by atoms with Crippen LogP contribution in [0, 0.1) is 22.7 Å². The lowest BCUT2D eigenvalue weighted by Gasteiger charge is -2.45. The van der Waals surface area contributed by atoms with Gasteiger partial charge in [0.25, 0.3) is 0 Å². The molecule has 0 unspecified atom stereocenters. The summed E-state index contributed by atoms with van der Waals surface area (Å²) in [6, 6.07) is 18.8. The molecule has 2 atom stereocenters. The number of hydrogen-bond donors (Lipinski definition) is 2. The zero-order valence-electron chi connectivity index (χ0n) is 29.8. The predicted octanol–water partition coefficient (Wildman–Crippen LogP) is 3.50. The number of carbonyl (C=O) groups is 2. The zero-order chi connectivity index (χ0) is 37.6. The highest BCUT2D eigenvalue weighted by atomic mass is 16.2. The number of rotatable bonds is 6.